The Bertz CT molecular complexity index is 358. The molecule has 0 spiro atoms. The van der Waals surface area contributed by atoms with E-state index in [1.165, 1.54) is 0 Å². The fourth-order valence-electron chi connectivity index (χ4n) is 1.14. The van der Waals surface area contributed by atoms with E-state index in [-0.39, 0.29) is 12.2 Å². The molecule has 1 aromatic rings. The number of hydrogen-bond acceptors (Lipinski definition) is 2. The maximum atomic E-state index is 11.5. The number of carbonyl (C=O) groups is 2. The van der Waals surface area contributed by atoms with E-state index < -0.39 is 5.78 Å². The van der Waals surface area contributed by atoms with E-state index in [9.17, 15) is 9.59 Å². The normalized spacial score (nSPS) is 9.86. The zero-order valence-corrected chi connectivity index (χ0v) is 8.67. The molecule has 0 saturated carbocycles. The minimum atomic E-state index is -0.488. The number of hydrogen-bond donors (Lipinski definition) is 0. The second-order valence-electron chi connectivity index (χ2n) is 2.98. The lowest BCUT2D eigenvalue weighted by Gasteiger charge is -2.00. The van der Waals surface area contributed by atoms with Crippen LogP contribution in [-0.4, -0.2) is 11.6 Å². The van der Waals surface area contributed by atoms with Crippen LogP contribution in [0.5, 0.6) is 0 Å². The van der Waals surface area contributed by atoms with E-state index in [0.29, 0.717) is 17.0 Å². The summed E-state index contributed by atoms with van der Waals surface area (Å²) in [5.74, 6) is -0.863. The lowest BCUT2D eigenvalue weighted by atomic mass is 10.0. The lowest BCUT2D eigenvalue weighted by Crippen LogP contribution is -2.13. The summed E-state index contributed by atoms with van der Waals surface area (Å²) < 4.78 is 0. The van der Waals surface area contributed by atoms with Crippen molar-refractivity contribution in [3.05, 3.63) is 34.9 Å². The standard InChI is InChI=1S/C11H11ClO2/c1-2-5-10(13)11(14)8-6-3-4-7-9(8)12/h3-4,6-7H,2,5H2,1H3. The van der Waals surface area contributed by atoms with Crippen molar-refractivity contribution < 1.29 is 9.59 Å². The van der Waals surface area contributed by atoms with Gasteiger partial charge in [0.1, 0.15) is 0 Å². The van der Waals surface area contributed by atoms with Crippen molar-refractivity contribution >= 4 is 23.2 Å². The third kappa shape index (κ3) is 2.42. The smallest absolute Gasteiger partial charge is 0.230 e. The highest BCUT2D eigenvalue weighted by atomic mass is 35.5. The van der Waals surface area contributed by atoms with Crippen molar-refractivity contribution in [1.29, 1.82) is 0 Å². The number of rotatable bonds is 4. The van der Waals surface area contributed by atoms with Gasteiger partial charge in [0.25, 0.3) is 0 Å². The van der Waals surface area contributed by atoms with Gasteiger partial charge in [0.15, 0.2) is 0 Å². The van der Waals surface area contributed by atoms with Gasteiger partial charge < -0.3 is 0 Å². The third-order valence-corrected chi connectivity index (χ3v) is 2.18. The molecule has 0 aliphatic rings. The van der Waals surface area contributed by atoms with Gasteiger partial charge in [0, 0.05) is 12.0 Å². The Hall–Kier alpha value is -1.15. The average molecular weight is 211 g/mol. The van der Waals surface area contributed by atoms with Gasteiger partial charge in [-0.1, -0.05) is 30.7 Å². The molecule has 0 aliphatic carbocycles. The molecule has 0 unspecified atom stereocenters. The highest BCUT2D eigenvalue weighted by Gasteiger charge is 2.16. The monoisotopic (exact) mass is 210 g/mol. The van der Waals surface area contributed by atoms with Crippen LogP contribution in [0.4, 0.5) is 0 Å². The summed E-state index contributed by atoms with van der Waals surface area (Å²) in [7, 11) is 0. The van der Waals surface area contributed by atoms with Crippen LogP contribution in [0.3, 0.4) is 0 Å². The highest BCUT2D eigenvalue weighted by molar-refractivity contribution is 6.47. The van der Waals surface area contributed by atoms with Crippen molar-refractivity contribution in [2.45, 2.75) is 19.8 Å². The molecule has 74 valence electrons. The zero-order chi connectivity index (χ0) is 10.6. The fraction of sp³-hybridized carbons (Fsp3) is 0.273. The minimum absolute atomic E-state index is 0.282. The summed E-state index contributed by atoms with van der Waals surface area (Å²) in [6.07, 6.45) is 0.957. The predicted octanol–water partition coefficient (Wildman–Crippen LogP) is 2.89. The second-order valence-corrected chi connectivity index (χ2v) is 3.39. The molecule has 0 N–H and O–H groups in total. The maximum absolute atomic E-state index is 11.5. The largest absolute Gasteiger partial charge is 0.290 e. The Morgan fingerprint density at radius 1 is 1.29 bits per heavy atom. The molecule has 0 atom stereocenters. The number of benzene rings is 1. The zero-order valence-electron chi connectivity index (χ0n) is 7.92. The molecule has 0 heterocycles. The van der Waals surface area contributed by atoms with Crippen molar-refractivity contribution in [3.63, 3.8) is 0 Å². The van der Waals surface area contributed by atoms with E-state index >= 15 is 0 Å². The van der Waals surface area contributed by atoms with Crippen LogP contribution in [0, 0.1) is 0 Å². The van der Waals surface area contributed by atoms with Gasteiger partial charge in [0.05, 0.1) is 5.02 Å². The topological polar surface area (TPSA) is 34.1 Å². The highest BCUT2D eigenvalue weighted by Crippen LogP contribution is 2.16. The van der Waals surface area contributed by atoms with Gasteiger partial charge in [0.2, 0.25) is 11.6 Å². The summed E-state index contributed by atoms with van der Waals surface area (Å²) >= 11 is 5.79. The molecule has 0 saturated heterocycles. The number of Topliss-reactive ketones (excluding diaryl/α,β-unsaturated/α-hetero) is 2. The van der Waals surface area contributed by atoms with Gasteiger partial charge in [-0.2, -0.15) is 0 Å². The van der Waals surface area contributed by atoms with Gasteiger partial charge in [-0.25, -0.2) is 0 Å². The van der Waals surface area contributed by atoms with Crippen LogP contribution in [0.25, 0.3) is 0 Å². The summed E-state index contributed by atoms with van der Waals surface area (Å²) in [4.78, 5) is 22.8. The van der Waals surface area contributed by atoms with E-state index in [1.807, 2.05) is 6.92 Å². The summed E-state index contributed by atoms with van der Waals surface area (Å²) in [6, 6.07) is 6.59. The van der Waals surface area contributed by atoms with Crippen LogP contribution in [-0.2, 0) is 4.79 Å². The molecule has 1 rings (SSSR count). The summed E-state index contributed by atoms with van der Waals surface area (Å²) in [5, 5.41) is 0.335. The number of ketones is 2. The van der Waals surface area contributed by atoms with E-state index in [0.717, 1.165) is 0 Å². The lowest BCUT2D eigenvalue weighted by molar-refractivity contribution is -0.115. The Balaban J connectivity index is 2.90. The molecule has 0 bridgehead atoms. The van der Waals surface area contributed by atoms with Crippen LogP contribution >= 0.6 is 11.6 Å². The van der Waals surface area contributed by atoms with Gasteiger partial charge in [-0.05, 0) is 18.6 Å². The molecule has 3 heteroatoms. The maximum Gasteiger partial charge on any atom is 0.230 e. The molecule has 14 heavy (non-hydrogen) atoms. The van der Waals surface area contributed by atoms with E-state index in [4.69, 9.17) is 11.6 Å². The Kier molecular flexibility index (Phi) is 3.84. The van der Waals surface area contributed by atoms with E-state index in [2.05, 4.69) is 0 Å². The Labute approximate surface area is 87.9 Å². The fourth-order valence-corrected chi connectivity index (χ4v) is 1.36. The quantitative estimate of drug-likeness (QED) is 0.566. The van der Waals surface area contributed by atoms with Gasteiger partial charge >= 0.3 is 0 Å². The van der Waals surface area contributed by atoms with Crippen LogP contribution < -0.4 is 0 Å². The summed E-state index contributed by atoms with van der Waals surface area (Å²) in [6.45, 7) is 1.86. The van der Waals surface area contributed by atoms with Crippen LogP contribution in [0.2, 0.25) is 5.02 Å². The van der Waals surface area contributed by atoms with Crippen LogP contribution in [0.1, 0.15) is 30.1 Å². The first kappa shape index (κ1) is 10.9. The van der Waals surface area contributed by atoms with Gasteiger partial charge in [-0.3, -0.25) is 9.59 Å². The van der Waals surface area contributed by atoms with Crippen molar-refractivity contribution in [1.82, 2.24) is 0 Å². The minimum Gasteiger partial charge on any atom is -0.290 e. The molecule has 2 nitrogen and oxygen atoms in total. The second kappa shape index (κ2) is 4.91. The van der Waals surface area contributed by atoms with E-state index in [1.54, 1.807) is 24.3 Å². The van der Waals surface area contributed by atoms with Crippen molar-refractivity contribution in [2.24, 2.45) is 0 Å². The molecule has 1 aromatic carbocycles. The first-order chi connectivity index (χ1) is 6.66. The first-order valence-electron chi connectivity index (χ1n) is 4.49. The first-order valence-corrected chi connectivity index (χ1v) is 4.86. The predicted molar refractivity (Wildman–Crippen MR) is 55.7 cm³/mol. The third-order valence-electron chi connectivity index (χ3n) is 1.85. The van der Waals surface area contributed by atoms with Gasteiger partial charge in [-0.15, -0.1) is 0 Å². The molecular formula is C11H11ClO2. The molecule has 0 aromatic heterocycles. The SMILES string of the molecule is CCCC(=O)C(=O)c1ccccc1Cl. The molecule has 0 fully saturated rings. The summed E-state index contributed by atoms with van der Waals surface area (Å²) in [5.41, 5.74) is 0.299. The Morgan fingerprint density at radius 2 is 1.93 bits per heavy atom. The number of carbonyl (C=O) groups excluding carboxylic acids is 2. The molecule has 0 aliphatic heterocycles. The number of halogens is 1. The molecule has 0 amide bonds. The average Bonchev–Trinajstić information content (AvgIpc) is 2.18. The molecular weight excluding hydrogens is 200 g/mol. The Morgan fingerprint density at radius 3 is 2.50 bits per heavy atom. The van der Waals surface area contributed by atoms with Crippen molar-refractivity contribution in [2.75, 3.05) is 0 Å². The van der Waals surface area contributed by atoms with Crippen LogP contribution in [0.15, 0.2) is 24.3 Å². The van der Waals surface area contributed by atoms with Crippen molar-refractivity contribution in [3.8, 4) is 0 Å². The molecule has 0 radical (unpaired) electrons.